The molecule has 2 N–H and O–H groups in total. The number of esters is 1. The van der Waals surface area contributed by atoms with Gasteiger partial charge in [0.15, 0.2) is 5.71 Å². The van der Waals surface area contributed by atoms with Gasteiger partial charge in [0.05, 0.1) is 17.8 Å². The first-order valence-corrected chi connectivity index (χ1v) is 7.74. The van der Waals surface area contributed by atoms with Crippen LogP contribution >= 0.6 is 0 Å². The molecule has 24 heavy (non-hydrogen) atoms. The van der Waals surface area contributed by atoms with Crippen LogP contribution in [0.1, 0.15) is 40.2 Å². The van der Waals surface area contributed by atoms with Gasteiger partial charge in [-0.3, -0.25) is 0 Å². The molecule has 0 spiro atoms. The molecule has 0 aromatic heterocycles. The first kappa shape index (κ1) is 18.4. The fourth-order valence-corrected chi connectivity index (χ4v) is 2.32. The second kappa shape index (κ2) is 6.53. The molecule has 0 atom stereocenters. The largest absolute Gasteiger partial charge is 0.497 e. The molecule has 1 aromatic carbocycles. The maximum atomic E-state index is 15.0. The van der Waals surface area contributed by atoms with Crippen LogP contribution in [0.25, 0.3) is 0 Å². The van der Waals surface area contributed by atoms with Crippen molar-refractivity contribution in [3.05, 3.63) is 29.6 Å². The monoisotopic (exact) mass is 336 g/mol. The number of hydrogen-bond acceptors (Lipinski definition) is 6. The Hall–Kier alpha value is -1.93. The van der Waals surface area contributed by atoms with Gasteiger partial charge in [0.25, 0.3) is 0 Å². The normalized spacial score (nSPS) is 19.4. The lowest BCUT2D eigenvalue weighted by Crippen LogP contribution is -2.41. The number of nitrogens with zero attached hydrogens (tertiary/aromatic N) is 1. The van der Waals surface area contributed by atoms with E-state index in [1.165, 1.54) is 6.07 Å². The van der Waals surface area contributed by atoms with Crippen LogP contribution in [-0.2, 0) is 18.8 Å². The summed E-state index contributed by atoms with van der Waals surface area (Å²) in [6, 6.07) is 4.54. The standard InChI is InChI=1S/C16H22BFN2O4/c1-6-22-14(21)13(20-19)10-8-7-9-11(12(10)18)17-23-15(2,3)16(4,5)24-17/h7-9H,6,19H2,1-5H3/b20-13+. The summed E-state index contributed by atoms with van der Waals surface area (Å²) in [5.74, 6) is 3.79. The van der Waals surface area contributed by atoms with Crippen molar-refractivity contribution >= 4 is 24.3 Å². The van der Waals surface area contributed by atoms with E-state index in [2.05, 4.69) is 5.10 Å². The molecule has 1 aliphatic rings. The molecular formula is C16H22BFN2O4. The number of nitrogens with two attached hydrogens (primary N) is 1. The van der Waals surface area contributed by atoms with Gasteiger partial charge in [-0.2, -0.15) is 5.10 Å². The van der Waals surface area contributed by atoms with Crippen LogP contribution in [0.3, 0.4) is 0 Å². The summed E-state index contributed by atoms with van der Waals surface area (Å²) in [5.41, 5.74) is -1.37. The molecule has 1 aliphatic heterocycles. The van der Waals surface area contributed by atoms with Gasteiger partial charge in [0, 0.05) is 11.0 Å². The van der Waals surface area contributed by atoms with Crippen LogP contribution in [0, 0.1) is 5.82 Å². The van der Waals surface area contributed by atoms with Crippen molar-refractivity contribution in [2.24, 2.45) is 10.9 Å². The number of ether oxygens (including phenoxy) is 1. The van der Waals surface area contributed by atoms with Crippen LogP contribution in [0.2, 0.25) is 0 Å². The highest BCUT2D eigenvalue weighted by Gasteiger charge is 2.52. The van der Waals surface area contributed by atoms with E-state index < -0.39 is 30.1 Å². The summed E-state index contributed by atoms with van der Waals surface area (Å²) in [6.45, 7) is 9.28. The second-order valence-corrected chi connectivity index (χ2v) is 6.50. The average molecular weight is 336 g/mol. The van der Waals surface area contributed by atoms with Crippen molar-refractivity contribution in [3.63, 3.8) is 0 Å². The zero-order chi connectivity index (χ0) is 18.1. The molecule has 0 radical (unpaired) electrons. The number of hydrogen-bond donors (Lipinski definition) is 1. The highest BCUT2D eigenvalue weighted by Crippen LogP contribution is 2.36. The Bertz CT molecular complexity index is 660. The van der Waals surface area contributed by atoms with Gasteiger partial charge >= 0.3 is 13.1 Å². The molecule has 0 amide bonds. The van der Waals surface area contributed by atoms with Crippen molar-refractivity contribution in [2.75, 3.05) is 6.61 Å². The third-order valence-corrected chi connectivity index (χ3v) is 4.39. The maximum Gasteiger partial charge on any atom is 0.497 e. The highest BCUT2D eigenvalue weighted by atomic mass is 19.1. The zero-order valence-corrected chi connectivity index (χ0v) is 14.6. The highest BCUT2D eigenvalue weighted by molar-refractivity contribution is 6.62. The third kappa shape index (κ3) is 3.16. The van der Waals surface area contributed by atoms with E-state index >= 15 is 0 Å². The molecule has 6 nitrogen and oxygen atoms in total. The van der Waals surface area contributed by atoms with Crippen LogP contribution in [-0.4, -0.2) is 36.6 Å². The number of carbonyl (C=O) groups excluding carboxylic acids is 1. The lowest BCUT2D eigenvalue weighted by atomic mass is 9.77. The summed E-state index contributed by atoms with van der Waals surface area (Å²) in [6.07, 6.45) is 0. The van der Waals surface area contributed by atoms with Gasteiger partial charge in [0.2, 0.25) is 0 Å². The third-order valence-electron chi connectivity index (χ3n) is 4.39. The van der Waals surface area contributed by atoms with Crippen LogP contribution in [0.5, 0.6) is 0 Å². The van der Waals surface area contributed by atoms with Gasteiger partial charge in [-0.25, -0.2) is 9.18 Å². The van der Waals surface area contributed by atoms with E-state index in [4.69, 9.17) is 19.9 Å². The predicted molar refractivity (Wildman–Crippen MR) is 89.5 cm³/mol. The van der Waals surface area contributed by atoms with Crippen molar-refractivity contribution in [2.45, 2.75) is 45.8 Å². The molecule has 0 saturated carbocycles. The topological polar surface area (TPSA) is 83.1 Å². The Kier molecular flexibility index (Phi) is 5.01. The SMILES string of the molecule is CCOC(=O)/C(=N/N)c1cccc(B2OC(C)(C)C(C)(C)O2)c1F. The van der Waals surface area contributed by atoms with Crippen molar-refractivity contribution < 1.29 is 23.2 Å². The number of halogens is 1. The Labute approximate surface area is 141 Å². The Morgan fingerprint density at radius 2 is 1.88 bits per heavy atom. The smallest absolute Gasteiger partial charge is 0.461 e. The molecule has 0 bridgehead atoms. The molecule has 1 aromatic rings. The second-order valence-electron chi connectivity index (χ2n) is 6.50. The molecule has 1 heterocycles. The van der Waals surface area contributed by atoms with Crippen LogP contribution in [0.15, 0.2) is 23.3 Å². The predicted octanol–water partition coefficient (Wildman–Crippen LogP) is 1.35. The van der Waals surface area contributed by atoms with Crippen molar-refractivity contribution in [1.82, 2.24) is 0 Å². The molecule has 0 aliphatic carbocycles. The van der Waals surface area contributed by atoms with Gasteiger partial charge in [-0.1, -0.05) is 12.1 Å². The number of benzene rings is 1. The van der Waals surface area contributed by atoms with Crippen LogP contribution < -0.4 is 11.3 Å². The Balaban J connectivity index is 2.41. The van der Waals surface area contributed by atoms with Gasteiger partial charge in [-0.15, -0.1) is 0 Å². The van der Waals surface area contributed by atoms with E-state index in [0.717, 1.165) is 0 Å². The lowest BCUT2D eigenvalue weighted by Gasteiger charge is -2.32. The molecule has 1 fully saturated rings. The lowest BCUT2D eigenvalue weighted by molar-refractivity contribution is -0.134. The Morgan fingerprint density at radius 3 is 2.38 bits per heavy atom. The molecule has 2 rings (SSSR count). The molecular weight excluding hydrogens is 314 g/mol. The average Bonchev–Trinajstić information content (AvgIpc) is 2.70. The molecule has 1 saturated heterocycles. The quantitative estimate of drug-likeness (QED) is 0.295. The van der Waals surface area contributed by atoms with E-state index in [1.54, 1.807) is 19.1 Å². The van der Waals surface area contributed by atoms with E-state index in [1.807, 2.05) is 27.7 Å². The van der Waals surface area contributed by atoms with Gasteiger partial charge in [-0.05, 0) is 40.7 Å². The summed E-state index contributed by atoms with van der Waals surface area (Å²) < 4.78 is 31.5. The fourth-order valence-electron chi connectivity index (χ4n) is 2.32. The number of rotatable bonds is 4. The summed E-state index contributed by atoms with van der Waals surface area (Å²) >= 11 is 0. The minimum atomic E-state index is -0.892. The van der Waals surface area contributed by atoms with Gasteiger partial charge < -0.3 is 19.9 Å². The molecule has 0 unspecified atom stereocenters. The summed E-state index contributed by atoms with van der Waals surface area (Å²) in [5, 5.41) is 3.38. The van der Waals surface area contributed by atoms with E-state index in [9.17, 15) is 9.18 Å². The van der Waals surface area contributed by atoms with Crippen LogP contribution in [0.4, 0.5) is 4.39 Å². The number of hydrazone groups is 1. The minimum absolute atomic E-state index is 0.0526. The summed E-state index contributed by atoms with van der Waals surface area (Å²) in [7, 11) is -0.892. The Morgan fingerprint density at radius 1 is 1.29 bits per heavy atom. The minimum Gasteiger partial charge on any atom is -0.461 e. The summed E-state index contributed by atoms with van der Waals surface area (Å²) in [4.78, 5) is 11.9. The molecule has 8 heteroatoms. The first-order valence-electron chi connectivity index (χ1n) is 7.74. The van der Waals surface area contributed by atoms with Crippen molar-refractivity contribution in [1.29, 1.82) is 0 Å². The van der Waals surface area contributed by atoms with Crippen molar-refractivity contribution in [3.8, 4) is 0 Å². The number of carbonyl (C=O) groups is 1. The molecule has 130 valence electrons. The fraction of sp³-hybridized carbons (Fsp3) is 0.500. The zero-order valence-electron chi connectivity index (χ0n) is 14.6. The van der Waals surface area contributed by atoms with E-state index in [0.29, 0.717) is 0 Å². The van der Waals surface area contributed by atoms with E-state index in [-0.39, 0.29) is 23.3 Å². The maximum absolute atomic E-state index is 15.0. The first-order chi connectivity index (χ1) is 11.1. The van der Waals surface area contributed by atoms with Gasteiger partial charge in [0.1, 0.15) is 5.82 Å².